The van der Waals surface area contributed by atoms with Crippen molar-refractivity contribution in [1.82, 2.24) is 0 Å². The maximum atomic E-state index is 13.0. The summed E-state index contributed by atoms with van der Waals surface area (Å²) >= 11 is 0. The predicted molar refractivity (Wildman–Crippen MR) is 126 cm³/mol. The molecule has 170 valence electrons. The standard InChI is InChI=1S/C24H34N2O4S/c1-3-5-7-10-14-20-18-22(26(27)28)19-21(15-11-8-6-4-2)24(20)25-31(29,30)23-16-12-9-13-17-23/h9,12-13,16-19,25H,3-8,10-11,14-15H2,1-2H3. The monoisotopic (exact) mass is 446 g/mol. The molecule has 0 aliphatic heterocycles. The summed E-state index contributed by atoms with van der Waals surface area (Å²) in [7, 11) is -3.78. The fraction of sp³-hybridized carbons (Fsp3) is 0.500. The highest BCUT2D eigenvalue weighted by Gasteiger charge is 2.21. The molecule has 2 rings (SSSR count). The zero-order chi connectivity index (χ0) is 22.7. The van der Waals surface area contributed by atoms with Gasteiger partial charge in [-0.15, -0.1) is 0 Å². The maximum absolute atomic E-state index is 13.0. The van der Waals surface area contributed by atoms with Crippen LogP contribution in [-0.2, 0) is 22.9 Å². The van der Waals surface area contributed by atoms with E-state index >= 15 is 0 Å². The van der Waals surface area contributed by atoms with Gasteiger partial charge in [-0.2, -0.15) is 0 Å². The molecule has 0 unspecified atom stereocenters. The van der Waals surface area contributed by atoms with E-state index in [0.29, 0.717) is 29.7 Å². The van der Waals surface area contributed by atoms with Crippen LogP contribution in [0.15, 0.2) is 47.4 Å². The van der Waals surface area contributed by atoms with Crippen LogP contribution in [0.4, 0.5) is 11.4 Å². The van der Waals surface area contributed by atoms with E-state index < -0.39 is 10.0 Å². The van der Waals surface area contributed by atoms with Crippen LogP contribution in [0.2, 0.25) is 0 Å². The lowest BCUT2D eigenvalue weighted by Gasteiger charge is -2.17. The SMILES string of the molecule is CCCCCCc1cc([N+](=O)[O-])cc(CCCCCC)c1NS(=O)(=O)c1ccccc1. The van der Waals surface area contributed by atoms with Gasteiger partial charge < -0.3 is 0 Å². The molecule has 0 heterocycles. The molecule has 7 heteroatoms. The number of hydrogen-bond acceptors (Lipinski definition) is 4. The van der Waals surface area contributed by atoms with Crippen molar-refractivity contribution in [2.45, 2.75) is 83.0 Å². The number of rotatable bonds is 14. The van der Waals surface area contributed by atoms with Gasteiger partial charge in [0.25, 0.3) is 15.7 Å². The molecular weight excluding hydrogens is 412 g/mol. The average molecular weight is 447 g/mol. The fourth-order valence-electron chi connectivity index (χ4n) is 3.66. The van der Waals surface area contributed by atoms with Crippen LogP contribution in [0.1, 0.15) is 76.3 Å². The Morgan fingerprint density at radius 2 is 1.35 bits per heavy atom. The number of nitrogens with zero attached hydrogens (tertiary/aromatic N) is 1. The molecular formula is C24H34N2O4S. The number of sulfonamides is 1. The summed E-state index contributed by atoms with van der Waals surface area (Å²) < 4.78 is 28.8. The minimum absolute atomic E-state index is 0.0265. The number of aryl methyl sites for hydroxylation is 2. The summed E-state index contributed by atoms with van der Waals surface area (Å²) in [6, 6.07) is 11.3. The molecule has 0 bridgehead atoms. The Morgan fingerprint density at radius 3 is 1.81 bits per heavy atom. The summed E-state index contributed by atoms with van der Waals surface area (Å²) in [4.78, 5) is 11.3. The van der Waals surface area contributed by atoms with Gasteiger partial charge in [-0.1, -0.05) is 70.6 Å². The second-order valence-corrected chi connectivity index (χ2v) is 9.62. The van der Waals surface area contributed by atoms with Crippen molar-refractivity contribution in [1.29, 1.82) is 0 Å². The Bertz CT molecular complexity index is 910. The number of non-ortho nitro benzene ring substituents is 1. The molecule has 2 aromatic rings. The van der Waals surface area contributed by atoms with Crippen molar-refractivity contribution in [2.24, 2.45) is 0 Å². The van der Waals surface area contributed by atoms with Crippen molar-refractivity contribution < 1.29 is 13.3 Å². The maximum Gasteiger partial charge on any atom is 0.270 e. The van der Waals surface area contributed by atoms with Crippen LogP contribution < -0.4 is 4.72 Å². The molecule has 0 fully saturated rings. The van der Waals surface area contributed by atoms with E-state index in [1.165, 1.54) is 12.1 Å². The first-order valence-corrected chi connectivity index (χ1v) is 12.8. The summed E-state index contributed by atoms with van der Waals surface area (Å²) in [6.07, 6.45) is 9.32. The zero-order valence-corrected chi connectivity index (χ0v) is 19.4. The van der Waals surface area contributed by atoms with Gasteiger partial charge in [-0.05, 0) is 48.9 Å². The van der Waals surface area contributed by atoms with Crippen molar-refractivity contribution in [3.8, 4) is 0 Å². The Hall–Kier alpha value is -2.41. The molecule has 0 saturated heterocycles. The van der Waals surface area contributed by atoms with Gasteiger partial charge in [-0.3, -0.25) is 14.8 Å². The smallest absolute Gasteiger partial charge is 0.270 e. The third kappa shape index (κ3) is 7.65. The number of anilines is 1. The molecule has 0 spiro atoms. The third-order valence-corrected chi connectivity index (χ3v) is 6.75. The van der Waals surface area contributed by atoms with Gasteiger partial charge in [0, 0.05) is 12.1 Å². The lowest BCUT2D eigenvalue weighted by Crippen LogP contribution is -2.16. The number of benzene rings is 2. The van der Waals surface area contributed by atoms with Crippen LogP contribution >= 0.6 is 0 Å². The number of nitro benzene ring substituents is 1. The first-order valence-electron chi connectivity index (χ1n) is 11.3. The van der Waals surface area contributed by atoms with Crippen LogP contribution in [0.25, 0.3) is 0 Å². The molecule has 0 amide bonds. The van der Waals surface area contributed by atoms with Gasteiger partial charge in [0.2, 0.25) is 0 Å². The molecule has 0 radical (unpaired) electrons. The van der Waals surface area contributed by atoms with Gasteiger partial charge >= 0.3 is 0 Å². The summed E-state index contributed by atoms with van der Waals surface area (Å²) in [6.45, 7) is 4.25. The first kappa shape index (κ1) is 24.9. The van der Waals surface area contributed by atoms with Crippen molar-refractivity contribution in [3.05, 3.63) is 63.7 Å². The van der Waals surface area contributed by atoms with E-state index in [2.05, 4.69) is 18.6 Å². The Kier molecular flexibility index (Phi) is 9.98. The van der Waals surface area contributed by atoms with E-state index in [9.17, 15) is 18.5 Å². The van der Waals surface area contributed by atoms with Crippen LogP contribution in [0.3, 0.4) is 0 Å². The highest BCUT2D eigenvalue weighted by molar-refractivity contribution is 7.92. The molecule has 2 aromatic carbocycles. The average Bonchev–Trinajstić information content (AvgIpc) is 2.76. The van der Waals surface area contributed by atoms with Crippen molar-refractivity contribution in [2.75, 3.05) is 4.72 Å². The minimum atomic E-state index is -3.78. The summed E-state index contributed by atoms with van der Waals surface area (Å²) in [5, 5.41) is 11.5. The topological polar surface area (TPSA) is 89.3 Å². The Balaban J connectivity index is 2.44. The largest absolute Gasteiger partial charge is 0.279 e. The van der Waals surface area contributed by atoms with Gasteiger partial charge in [0.05, 0.1) is 15.5 Å². The molecule has 1 N–H and O–H groups in total. The summed E-state index contributed by atoms with van der Waals surface area (Å²) in [5.41, 5.74) is 1.95. The van der Waals surface area contributed by atoms with Gasteiger partial charge in [-0.25, -0.2) is 8.42 Å². The minimum Gasteiger partial charge on any atom is -0.279 e. The third-order valence-electron chi connectivity index (χ3n) is 5.39. The van der Waals surface area contributed by atoms with E-state index in [1.54, 1.807) is 30.3 Å². The van der Waals surface area contributed by atoms with Crippen LogP contribution in [0, 0.1) is 10.1 Å². The summed E-state index contributed by atoms with van der Waals surface area (Å²) in [5.74, 6) is 0. The normalized spacial score (nSPS) is 11.4. The Labute approximate surface area is 186 Å². The molecule has 0 atom stereocenters. The quantitative estimate of drug-likeness (QED) is 0.200. The lowest BCUT2D eigenvalue weighted by molar-refractivity contribution is -0.385. The number of nitro groups is 1. The number of nitrogens with one attached hydrogen (secondary N) is 1. The van der Waals surface area contributed by atoms with Crippen molar-refractivity contribution in [3.63, 3.8) is 0 Å². The number of hydrogen-bond donors (Lipinski definition) is 1. The fourth-order valence-corrected chi connectivity index (χ4v) is 4.82. The first-order chi connectivity index (χ1) is 14.9. The van der Waals surface area contributed by atoms with E-state index in [-0.39, 0.29) is 15.5 Å². The molecule has 0 aliphatic carbocycles. The van der Waals surface area contributed by atoms with Crippen LogP contribution in [0.5, 0.6) is 0 Å². The molecule has 0 aromatic heterocycles. The lowest BCUT2D eigenvalue weighted by atomic mass is 9.97. The van der Waals surface area contributed by atoms with E-state index in [4.69, 9.17) is 0 Å². The zero-order valence-electron chi connectivity index (χ0n) is 18.6. The Morgan fingerprint density at radius 1 is 0.839 bits per heavy atom. The van der Waals surface area contributed by atoms with E-state index in [1.807, 2.05) is 0 Å². The highest BCUT2D eigenvalue weighted by Crippen LogP contribution is 2.32. The van der Waals surface area contributed by atoms with Gasteiger partial charge in [0.15, 0.2) is 0 Å². The molecule has 31 heavy (non-hydrogen) atoms. The second-order valence-electron chi connectivity index (χ2n) is 7.94. The van der Waals surface area contributed by atoms with Crippen molar-refractivity contribution >= 4 is 21.4 Å². The molecule has 0 aliphatic rings. The molecule has 0 saturated carbocycles. The highest BCUT2D eigenvalue weighted by atomic mass is 32.2. The van der Waals surface area contributed by atoms with E-state index in [0.717, 1.165) is 51.4 Å². The number of unbranched alkanes of at least 4 members (excludes halogenated alkanes) is 6. The second kappa shape index (κ2) is 12.4. The van der Waals surface area contributed by atoms with Gasteiger partial charge in [0.1, 0.15) is 0 Å². The van der Waals surface area contributed by atoms with Crippen LogP contribution in [-0.4, -0.2) is 13.3 Å². The molecule has 6 nitrogen and oxygen atoms in total. The predicted octanol–water partition coefficient (Wildman–Crippen LogP) is 6.64.